The van der Waals surface area contributed by atoms with Gasteiger partial charge in [0.25, 0.3) is 0 Å². The molecule has 0 saturated heterocycles. The molecule has 14 heavy (non-hydrogen) atoms. The quantitative estimate of drug-likeness (QED) is 0.807. The Labute approximate surface area is 81.7 Å². The number of hydrogen-bond donors (Lipinski definition) is 1. The fraction of sp³-hybridized carbons (Fsp3) is 0.400. The molecule has 0 radical (unpaired) electrons. The average molecular weight is 201 g/mol. The minimum absolute atomic E-state index is 0.0704. The number of rotatable bonds is 4. The molecule has 1 aromatic carbocycles. The van der Waals surface area contributed by atoms with Crippen molar-refractivity contribution in [2.75, 3.05) is 13.7 Å². The lowest BCUT2D eigenvalue weighted by Gasteiger charge is -2.06. The third-order valence-corrected chi connectivity index (χ3v) is 1.97. The molecule has 0 amide bonds. The smallest absolute Gasteiger partial charge is 0.165 e. The van der Waals surface area contributed by atoms with Gasteiger partial charge in [-0.1, -0.05) is 0 Å². The first-order chi connectivity index (χ1) is 6.69. The van der Waals surface area contributed by atoms with E-state index in [9.17, 15) is 8.78 Å². The highest BCUT2D eigenvalue weighted by Gasteiger charge is 2.09. The number of hydrogen-bond acceptors (Lipinski definition) is 2. The third kappa shape index (κ3) is 2.42. The van der Waals surface area contributed by atoms with E-state index in [-0.39, 0.29) is 5.75 Å². The molecule has 78 valence electrons. The van der Waals surface area contributed by atoms with Gasteiger partial charge >= 0.3 is 0 Å². The first-order valence-electron chi connectivity index (χ1n) is 4.41. The van der Waals surface area contributed by atoms with E-state index in [0.717, 1.165) is 12.1 Å². The molecule has 0 atom stereocenters. The van der Waals surface area contributed by atoms with Crippen LogP contribution in [0.4, 0.5) is 8.78 Å². The van der Waals surface area contributed by atoms with E-state index in [0.29, 0.717) is 24.9 Å². The van der Waals surface area contributed by atoms with Gasteiger partial charge in [0.05, 0.1) is 7.11 Å². The summed E-state index contributed by atoms with van der Waals surface area (Å²) >= 11 is 0. The van der Waals surface area contributed by atoms with E-state index < -0.39 is 11.6 Å². The van der Waals surface area contributed by atoms with E-state index in [1.54, 1.807) is 0 Å². The number of nitrogens with two attached hydrogens (primary N) is 1. The fourth-order valence-electron chi connectivity index (χ4n) is 1.21. The molecule has 2 N–H and O–H groups in total. The van der Waals surface area contributed by atoms with Crippen molar-refractivity contribution in [3.05, 3.63) is 29.3 Å². The van der Waals surface area contributed by atoms with Crippen molar-refractivity contribution >= 4 is 0 Å². The van der Waals surface area contributed by atoms with Crippen LogP contribution in [-0.2, 0) is 6.42 Å². The van der Waals surface area contributed by atoms with E-state index in [4.69, 9.17) is 5.73 Å². The van der Waals surface area contributed by atoms with Gasteiger partial charge in [0.2, 0.25) is 0 Å². The van der Waals surface area contributed by atoms with Crippen LogP contribution in [0.25, 0.3) is 0 Å². The van der Waals surface area contributed by atoms with Gasteiger partial charge in [-0.05, 0) is 31.0 Å². The largest absolute Gasteiger partial charge is 0.494 e. The van der Waals surface area contributed by atoms with Gasteiger partial charge in [-0.2, -0.15) is 0 Å². The van der Waals surface area contributed by atoms with Crippen molar-refractivity contribution in [2.45, 2.75) is 12.8 Å². The van der Waals surface area contributed by atoms with Crippen LogP contribution in [0, 0.1) is 11.6 Å². The van der Waals surface area contributed by atoms with Crippen LogP contribution in [-0.4, -0.2) is 13.7 Å². The van der Waals surface area contributed by atoms with Crippen LogP contribution in [0.15, 0.2) is 12.1 Å². The van der Waals surface area contributed by atoms with Crippen molar-refractivity contribution in [3.8, 4) is 5.75 Å². The van der Waals surface area contributed by atoms with Crippen molar-refractivity contribution < 1.29 is 13.5 Å². The molecule has 0 aromatic heterocycles. The Kier molecular flexibility index (Phi) is 3.83. The molecule has 0 bridgehead atoms. The molecular weight excluding hydrogens is 188 g/mol. The van der Waals surface area contributed by atoms with Crippen molar-refractivity contribution in [2.24, 2.45) is 5.73 Å². The first kappa shape index (κ1) is 10.9. The lowest BCUT2D eigenvalue weighted by molar-refractivity contribution is 0.381. The Hall–Kier alpha value is -1.16. The summed E-state index contributed by atoms with van der Waals surface area (Å²) in [6, 6.07) is 2.21. The highest BCUT2D eigenvalue weighted by atomic mass is 19.1. The molecule has 0 unspecified atom stereocenters. The Balaban J connectivity index is 2.90. The summed E-state index contributed by atoms with van der Waals surface area (Å²) in [5.74, 6) is -1.06. The van der Waals surface area contributed by atoms with Crippen LogP contribution < -0.4 is 10.5 Å². The van der Waals surface area contributed by atoms with Gasteiger partial charge in [0, 0.05) is 6.07 Å². The lowest BCUT2D eigenvalue weighted by atomic mass is 10.1. The second-order valence-corrected chi connectivity index (χ2v) is 2.97. The highest BCUT2D eigenvalue weighted by Crippen LogP contribution is 2.21. The van der Waals surface area contributed by atoms with Crippen molar-refractivity contribution in [1.29, 1.82) is 0 Å². The molecule has 1 rings (SSSR count). The molecule has 0 aliphatic rings. The minimum Gasteiger partial charge on any atom is -0.494 e. The SMILES string of the molecule is COc1cc(F)c(CCCN)cc1F. The van der Waals surface area contributed by atoms with E-state index in [2.05, 4.69) is 4.74 Å². The monoisotopic (exact) mass is 201 g/mol. The molecule has 0 saturated carbocycles. The molecule has 0 spiro atoms. The Bertz CT molecular complexity index is 315. The minimum atomic E-state index is -0.541. The van der Waals surface area contributed by atoms with Crippen LogP contribution in [0.3, 0.4) is 0 Å². The summed E-state index contributed by atoms with van der Waals surface area (Å²) < 4.78 is 31.0. The molecule has 0 aliphatic heterocycles. The predicted molar refractivity (Wildman–Crippen MR) is 50.3 cm³/mol. The summed E-state index contributed by atoms with van der Waals surface area (Å²) in [4.78, 5) is 0. The zero-order valence-electron chi connectivity index (χ0n) is 8.02. The van der Waals surface area contributed by atoms with Gasteiger partial charge < -0.3 is 10.5 Å². The number of halogens is 2. The topological polar surface area (TPSA) is 35.2 Å². The summed E-state index contributed by atoms with van der Waals surface area (Å²) in [5.41, 5.74) is 5.62. The van der Waals surface area contributed by atoms with Gasteiger partial charge in [0.1, 0.15) is 5.82 Å². The van der Waals surface area contributed by atoms with E-state index in [1.807, 2.05) is 0 Å². The van der Waals surface area contributed by atoms with Gasteiger partial charge in [-0.15, -0.1) is 0 Å². The van der Waals surface area contributed by atoms with Crippen molar-refractivity contribution in [3.63, 3.8) is 0 Å². The van der Waals surface area contributed by atoms with Crippen LogP contribution >= 0.6 is 0 Å². The Morgan fingerprint density at radius 2 is 2.00 bits per heavy atom. The zero-order valence-corrected chi connectivity index (χ0v) is 8.02. The predicted octanol–water partition coefficient (Wildman–Crippen LogP) is 1.86. The summed E-state index contributed by atoms with van der Waals surface area (Å²) in [6.07, 6.45) is 1.09. The molecule has 4 heteroatoms. The first-order valence-corrected chi connectivity index (χ1v) is 4.41. The fourth-order valence-corrected chi connectivity index (χ4v) is 1.21. The Morgan fingerprint density at radius 3 is 2.57 bits per heavy atom. The summed E-state index contributed by atoms with van der Waals surface area (Å²) in [6.45, 7) is 0.465. The van der Waals surface area contributed by atoms with E-state index >= 15 is 0 Å². The van der Waals surface area contributed by atoms with Gasteiger partial charge in [-0.3, -0.25) is 0 Å². The van der Waals surface area contributed by atoms with Crippen LogP contribution in [0.5, 0.6) is 5.75 Å². The number of ether oxygens (including phenoxy) is 1. The summed E-state index contributed by atoms with van der Waals surface area (Å²) in [7, 11) is 1.30. The normalized spacial score (nSPS) is 10.3. The maximum Gasteiger partial charge on any atom is 0.165 e. The zero-order chi connectivity index (χ0) is 10.6. The number of benzene rings is 1. The van der Waals surface area contributed by atoms with Gasteiger partial charge in [0.15, 0.2) is 11.6 Å². The second-order valence-electron chi connectivity index (χ2n) is 2.97. The number of methoxy groups -OCH3 is 1. The summed E-state index contributed by atoms with van der Waals surface area (Å²) in [5, 5.41) is 0. The van der Waals surface area contributed by atoms with Crippen molar-refractivity contribution in [1.82, 2.24) is 0 Å². The number of aryl methyl sites for hydroxylation is 1. The lowest BCUT2D eigenvalue weighted by Crippen LogP contribution is -2.02. The highest BCUT2D eigenvalue weighted by molar-refractivity contribution is 5.30. The second kappa shape index (κ2) is 4.91. The maximum atomic E-state index is 13.3. The molecule has 1 aromatic rings. The maximum absolute atomic E-state index is 13.3. The Morgan fingerprint density at radius 1 is 1.29 bits per heavy atom. The molecular formula is C10H13F2NO. The standard InChI is InChI=1S/C10H13F2NO/c1-14-10-6-8(11)7(3-2-4-13)5-9(10)12/h5-6H,2-4,13H2,1H3. The average Bonchev–Trinajstić information content (AvgIpc) is 2.18. The van der Waals surface area contributed by atoms with Crippen LogP contribution in [0.1, 0.15) is 12.0 Å². The third-order valence-electron chi connectivity index (χ3n) is 1.97. The van der Waals surface area contributed by atoms with Gasteiger partial charge in [-0.25, -0.2) is 8.78 Å². The molecule has 0 fully saturated rings. The molecule has 2 nitrogen and oxygen atoms in total. The molecule has 0 heterocycles. The molecule has 0 aliphatic carbocycles. The van der Waals surface area contributed by atoms with E-state index in [1.165, 1.54) is 7.11 Å². The van der Waals surface area contributed by atoms with Crippen LogP contribution in [0.2, 0.25) is 0 Å².